The molecule has 0 aliphatic carbocycles. The maximum absolute atomic E-state index is 13.2. The second-order valence-corrected chi connectivity index (χ2v) is 8.99. The van der Waals surface area contributed by atoms with Crippen LogP contribution in [0.4, 0.5) is 0 Å². The van der Waals surface area contributed by atoms with Crippen molar-refractivity contribution in [2.45, 2.75) is 45.3 Å². The molecule has 1 saturated heterocycles. The van der Waals surface area contributed by atoms with Gasteiger partial charge in [-0.3, -0.25) is 4.79 Å². The first-order chi connectivity index (χ1) is 16.5. The van der Waals surface area contributed by atoms with Gasteiger partial charge in [-0.05, 0) is 55.5 Å². The quantitative estimate of drug-likeness (QED) is 0.609. The number of ether oxygens (including phenoxy) is 2. The zero-order chi connectivity index (χ0) is 23.7. The van der Waals surface area contributed by atoms with Gasteiger partial charge in [0.05, 0.1) is 36.6 Å². The van der Waals surface area contributed by atoms with E-state index in [0.717, 1.165) is 40.2 Å². The van der Waals surface area contributed by atoms with E-state index in [1.165, 1.54) is 5.56 Å². The summed E-state index contributed by atoms with van der Waals surface area (Å²) in [6.07, 6.45) is 3.16. The molecular formula is C27H29N3O4. The summed E-state index contributed by atoms with van der Waals surface area (Å²) in [7, 11) is 0. The van der Waals surface area contributed by atoms with E-state index < -0.39 is 6.10 Å². The van der Waals surface area contributed by atoms with Crippen LogP contribution in [0, 0.1) is 13.8 Å². The number of hydrogen-bond donors (Lipinski definition) is 2. The highest BCUT2D eigenvalue weighted by Gasteiger charge is 2.29. The molecule has 0 radical (unpaired) electrons. The number of aryl methyl sites for hydroxylation is 1. The van der Waals surface area contributed by atoms with E-state index in [9.17, 15) is 9.90 Å². The molecule has 34 heavy (non-hydrogen) atoms. The summed E-state index contributed by atoms with van der Waals surface area (Å²) in [4.78, 5) is 21.9. The third-order valence-corrected chi connectivity index (χ3v) is 6.68. The van der Waals surface area contributed by atoms with Gasteiger partial charge in [-0.25, -0.2) is 9.97 Å². The molecule has 0 unspecified atom stereocenters. The molecule has 7 heteroatoms. The second kappa shape index (κ2) is 9.52. The van der Waals surface area contributed by atoms with Crippen LogP contribution in [0.1, 0.15) is 44.9 Å². The standard InChI is InChI=1S/C27H29N3O4/c1-16-20(13-18-3-5-19(6-4-18)23-7-10-28-17(2)29-23)14-22(26-21(16)8-12-34-26)27(32)30-24-9-11-33-15-25(24)31/h3-7,10,14,24-25,31H,8-9,11-13,15H2,1-2H3,(H,30,32)/t24-,25-/m0/s1. The summed E-state index contributed by atoms with van der Waals surface area (Å²) in [5, 5.41) is 13.2. The Balaban J connectivity index is 1.40. The van der Waals surface area contributed by atoms with Gasteiger partial charge < -0.3 is 19.9 Å². The molecular weight excluding hydrogens is 430 g/mol. The van der Waals surface area contributed by atoms with Crippen LogP contribution < -0.4 is 10.1 Å². The Labute approximate surface area is 199 Å². The van der Waals surface area contributed by atoms with Crippen LogP contribution in [0.2, 0.25) is 0 Å². The number of benzene rings is 2. The number of hydrogen-bond acceptors (Lipinski definition) is 6. The molecule has 3 heterocycles. The molecule has 0 saturated carbocycles. The SMILES string of the molecule is Cc1nccc(-c2ccc(Cc3cc(C(=O)N[C@H]4CCOC[C@@H]4O)c4c(c3C)CCO4)cc2)n1. The number of carbonyl (C=O) groups excluding carboxylic acids is 1. The van der Waals surface area contributed by atoms with Crippen molar-refractivity contribution in [3.05, 3.63) is 76.2 Å². The van der Waals surface area contributed by atoms with Gasteiger partial charge >= 0.3 is 0 Å². The predicted octanol–water partition coefficient (Wildman–Crippen LogP) is 3.17. The highest BCUT2D eigenvalue weighted by Crippen LogP contribution is 2.35. The Kier molecular flexibility index (Phi) is 6.30. The van der Waals surface area contributed by atoms with Crippen LogP contribution in [-0.2, 0) is 17.6 Å². The molecule has 2 N–H and O–H groups in total. The highest BCUT2D eigenvalue weighted by atomic mass is 16.5. The number of amides is 1. The van der Waals surface area contributed by atoms with Crippen LogP contribution >= 0.6 is 0 Å². The first-order valence-corrected chi connectivity index (χ1v) is 11.7. The molecule has 1 fully saturated rings. The maximum atomic E-state index is 13.2. The summed E-state index contributed by atoms with van der Waals surface area (Å²) in [5.74, 6) is 1.21. The molecule has 176 valence electrons. The first kappa shape index (κ1) is 22.5. The molecule has 2 aliphatic rings. The topological polar surface area (TPSA) is 93.6 Å². The van der Waals surface area contributed by atoms with Gasteiger partial charge in [0.25, 0.3) is 5.91 Å². The number of carbonyl (C=O) groups is 1. The molecule has 2 aromatic carbocycles. The molecule has 2 atom stereocenters. The summed E-state index contributed by atoms with van der Waals surface area (Å²) >= 11 is 0. The molecule has 7 nitrogen and oxygen atoms in total. The van der Waals surface area contributed by atoms with Crippen molar-refractivity contribution >= 4 is 5.91 Å². The third kappa shape index (κ3) is 4.54. The number of aliphatic hydroxyl groups excluding tert-OH is 1. The number of nitrogens with zero attached hydrogens (tertiary/aromatic N) is 2. The lowest BCUT2D eigenvalue weighted by Gasteiger charge is -2.28. The van der Waals surface area contributed by atoms with Gasteiger partial charge in [-0.2, -0.15) is 0 Å². The zero-order valence-electron chi connectivity index (χ0n) is 19.5. The van der Waals surface area contributed by atoms with Gasteiger partial charge in [0.2, 0.25) is 0 Å². The van der Waals surface area contributed by atoms with E-state index in [2.05, 4.69) is 46.5 Å². The van der Waals surface area contributed by atoms with Crippen molar-refractivity contribution in [1.82, 2.24) is 15.3 Å². The van der Waals surface area contributed by atoms with E-state index in [4.69, 9.17) is 9.47 Å². The van der Waals surface area contributed by atoms with E-state index in [-0.39, 0.29) is 18.6 Å². The Bertz CT molecular complexity index is 1210. The number of fused-ring (bicyclic) bond motifs is 1. The van der Waals surface area contributed by atoms with Crippen LogP contribution in [0.15, 0.2) is 42.6 Å². The van der Waals surface area contributed by atoms with Gasteiger partial charge in [0.1, 0.15) is 11.6 Å². The van der Waals surface area contributed by atoms with Gasteiger partial charge in [0, 0.05) is 30.4 Å². The Morgan fingerprint density at radius 1 is 1.18 bits per heavy atom. The van der Waals surface area contributed by atoms with Crippen molar-refractivity contribution in [3.8, 4) is 17.0 Å². The molecule has 3 aromatic rings. The maximum Gasteiger partial charge on any atom is 0.255 e. The minimum atomic E-state index is -0.700. The average Bonchev–Trinajstić information content (AvgIpc) is 3.33. The fraction of sp³-hybridized carbons (Fsp3) is 0.370. The zero-order valence-corrected chi connectivity index (χ0v) is 19.5. The molecule has 2 aliphatic heterocycles. The van der Waals surface area contributed by atoms with Crippen molar-refractivity contribution in [1.29, 1.82) is 0 Å². The number of rotatable bonds is 5. The molecule has 5 rings (SSSR count). The van der Waals surface area contributed by atoms with E-state index in [1.807, 2.05) is 19.1 Å². The number of aliphatic hydroxyl groups is 1. The Hall–Kier alpha value is -3.29. The molecule has 1 amide bonds. The highest BCUT2D eigenvalue weighted by molar-refractivity contribution is 5.98. The first-order valence-electron chi connectivity index (χ1n) is 11.7. The van der Waals surface area contributed by atoms with Crippen molar-refractivity contribution in [3.63, 3.8) is 0 Å². The third-order valence-electron chi connectivity index (χ3n) is 6.68. The largest absolute Gasteiger partial charge is 0.492 e. The Morgan fingerprint density at radius 3 is 2.76 bits per heavy atom. The average molecular weight is 460 g/mol. The number of aromatic nitrogens is 2. The van der Waals surface area contributed by atoms with E-state index in [0.29, 0.717) is 37.4 Å². The van der Waals surface area contributed by atoms with Crippen LogP contribution in [-0.4, -0.2) is 52.9 Å². The minimum absolute atomic E-state index is 0.208. The number of nitrogens with one attached hydrogen (secondary N) is 1. The molecule has 0 spiro atoms. The van der Waals surface area contributed by atoms with Crippen molar-refractivity contribution in [2.24, 2.45) is 0 Å². The van der Waals surface area contributed by atoms with Gasteiger partial charge in [0.15, 0.2) is 0 Å². The monoisotopic (exact) mass is 459 g/mol. The van der Waals surface area contributed by atoms with Crippen LogP contribution in [0.3, 0.4) is 0 Å². The minimum Gasteiger partial charge on any atom is -0.492 e. The molecule has 0 bridgehead atoms. The van der Waals surface area contributed by atoms with Crippen molar-refractivity contribution in [2.75, 3.05) is 19.8 Å². The van der Waals surface area contributed by atoms with Gasteiger partial charge in [-0.15, -0.1) is 0 Å². The molecule has 1 aromatic heterocycles. The predicted molar refractivity (Wildman–Crippen MR) is 128 cm³/mol. The lowest BCUT2D eigenvalue weighted by Crippen LogP contribution is -2.48. The smallest absolute Gasteiger partial charge is 0.255 e. The summed E-state index contributed by atoms with van der Waals surface area (Å²) in [6, 6.07) is 11.9. The summed E-state index contributed by atoms with van der Waals surface area (Å²) in [5.41, 5.74) is 7.02. The fourth-order valence-electron chi connectivity index (χ4n) is 4.72. The van der Waals surface area contributed by atoms with Crippen molar-refractivity contribution < 1.29 is 19.4 Å². The van der Waals surface area contributed by atoms with Gasteiger partial charge in [-0.1, -0.05) is 24.3 Å². The van der Waals surface area contributed by atoms with Crippen LogP contribution in [0.5, 0.6) is 5.75 Å². The lowest BCUT2D eigenvalue weighted by molar-refractivity contribution is -0.0261. The summed E-state index contributed by atoms with van der Waals surface area (Å²) in [6.45, 7) is 5.33. The normalized spacial score (nSPS) is 19.4. The lowest BCUT2D eigenvalue weighted by atomic mass is 9.92. The van der Waals surface area contributed by atoms with E-state index >= 15 is 0 Å². The fourth-order valence-corrected chi connectivity index (χ4v) is 4.72. The van der Waals surface area contributed by atoms with Crippen LogP contribution in [0.25, 0.3) is 11.3 Å². The van der Waals surface area contributed by atoms with E-state index in [1.54, 1.807) is 6.20 Å². The second-order valence-electron chi connectivity index (χ2n) is 8.99. The Morgan fingerprint density at radius 2 is 2.00 bits per heavy atom. The summed E-state index contributed by atoms with van der Waals surface area (Å²) < 4.78 is 11.2.